The molecule has 1 aliphatic rings. The fraction of sp³-hybridized carbons (Fsp3) is 1.00. The maximum Gasteiger partial charge on any atom is 0.158 e. The molecule has 0 saturated carbocycles. The minimum absolute atomic E-state index is 0.0632. The summed E-state index contributed by atoms with van der Waals surface area (Å²) >= 11 is 0. The van der Waals surface area contributed by atoms with Gasteiger partial charge in [-0.1, -0.05) is 58.3 Å². The van der Waals surface area contributed by atoms with Crippen LogP contribution in [0.2, 0.25) is 0 Å². The molecule has 0 bridgehead atoms. The van der Waals surface area contributed by atoms with Crippen LogP contribution in [0.4, 0.5) is 0 Å². The highest BCUT2D eigenvalue weighted by Crippen LogP contribution is 2.18. The van der Waals surface area contributed by atoms with Crippen LogP contribution in [0, 0.1) is 0 Å². The number of rotatable bonds is 11. The molecule has 2 unspecified atom stereocenters. The summed E-state index contributed by atoms with van der Waals surface area (Å²) in [4.78, 5) is 0. The molecule has 0 amide bonds. The topological polar surface area (TPSA) is 38.7 Å². The van der Waals surface area contributed by atoms with Crippen LogP contribution in [0.1, 0.15) is 71.1 Å². The Bertz CT molecular complexity index is 185. The molecule has 0 aromatic rings. The maximum atomic E-state index is 8.91. The molecule has 0 aromatic carbocycles. The molecule has 3 heteroatoms. The van der Waals surface area contributed by atoms with E-state index in [1.54, 1.807) is 0 Å². The van der Waals surface area contributed by atoms with E-state index in [2.05, 4.69) is 6.92 Å². The first-order chi connectivity index (χ1) is 8.86. The van der Waals surface area contributed by atoms with Crippen LogP contribution in [-0.2, 0) is 9.47 Å². The van der Waals surface area contributed by atoms with Crippen LogP contribution in [0.25, 0.3) is 0 Å². The van der Waals surface area contributed by atoms with Crippen molar-refractivity contribution in [2.45, 2.75) is 83.5 Å². The van der Waals surface area contributed by atoms with Crippen molar-refractivity contribution in [2.75, 3.05) is 13.2 Å². The van der Waals surface area contributed by atoms with Crippen molar-refractivity contribution in [1.82, 2.24) is 0 Å². The van der Waals surface area contributed by atoms with Gasteiger partial charge in [0.25, 0.3) is 0 Å². The van der Waals surface area contributed by atoms with E-state index in [0.29, 0.717) is 6.61 Å². The zero-order chi connectivity index (χ0) is 13.1. The first-order valence-corrected chi connectivity index (χ1v) is 7.74. The summed E-state index contributed by atoms with van der Waals surface area (Å²) in [5, 5.41) is 8.91. The molecule has 0 spiro atoms. The molecule has 18 heavy (non-hydrogen) atoms. The van der Waals surface area contributed by atoms with Crippen molar-refractivity contribution < 1.29 is 14.6 Å². The predicted octanol–water partition coefficient (Wildman–Crippen LogP) is 3.64. The minimum atomic E-state index is -0.0893. The van der Waals surface area contributed by atoms with Crippen molar-refractivity contribution in [1.29, 1.82) is 0 Å². The Balaban J connectivity index is 1.79. The zero-order valence-corrected chi connectivity index (χ0v) is 11.9. The molecule has 1 heterocycles. The van der Waals surface area contributed by atoms with Gasteiger partial charge in [-0.3, -0.25) is 0 Å². The van der Waals surface area contributed by atoms with Gasteiger partial charge in [0.2, 0.25) is 0 Å². The lowest BCUT2D eigenvalue weighted by molar-refractivity contribution is -0.0701. The van der Waals surface area contributed by atoms with Crippen LogP contribution < -0.4 is 0 Å². The van der Waals surface area contributed by atoms with Crippen molar-refractivity contribution in [3.63, 3.8) is 0 Å². The average Bonchev–Trinajstić information content (AvgIpc) is 2.85. The van der Waals surface area contributed by atoms with Crippen molar-refractivity contribution >= 4 is 0 Å². The summed E-state index contributed by atoms with van der Waals surface area (Å²) in [6.45, 7) is 2.89. The highest BCUT2D eigenvalue weighted by atomic mass is 16.7. The molecular formula is C15H30O3. The number of aliphatic hydroxyl groups is 1. The summed E-state index contributed by atoms with van der Waals surface area (Å²) in [6.07, 6.45) is 12.9. The monoisotopic (exact) mass is 258 g/mol. The van der Waals surface area contributed by atoms with Crippen LogP contribution in [0.15, 0.2) is 0 Å². The van der Waals surface area contributed by atoms with Gasteiger partial charge >= 0.3 is 0 Å². The van der Waals surface area contributed by atoms with Gasteiger partial charge in [-0.2, -0.15) is 0 Å². The van der Waals surface area contributed by atoms with Gasteiger partial charge in [-0.25, -0.2) is 0 Å². The molecule has 0 aromatic heterocycles. The molecular weight excluding hydrogens is 228 g/mol. The van der Waals surface area contributed by atoms with Gasteiger partial charge in [0, 0.05) is 0 Å². The van der Waals surface area contributed by atoms with Gasteiger partial charge in [0.1, 0.15) is 6.10 Å². The second-order valence-electron chi connectivity index (χ2n) is 5.32. The van der Waals surface area contributed by atoms with E-state index in [1.165, 1.54) is 57.8 Å². The predicted molar refractivity (Wildman–Crippen MR) is 73.5 cm³/mol. The minimum Gasteiger partial charge on any atom is -0.394 e. The lowest BCUT2D eigenvalue weighted by Crippen LogP contribution is -2.16. The van der Waals surface area contributed by atoms with Crippen molar-refractivity contribution in [3.8, 4) is 0 Å². The fourth-order valence-electron chi connectivity index (χ4n) is 2.38. The number of hydrogen-bond acceptors (Lipinski definition) is 3. The van der Waals surface area contributed by atoms with Crippen LogP contribution >= 0.6 is 0 Å². The third kappa shape index (κ3) is 7.34. The zero-order valence-electron chi connectivity index (χ0n) is 11.9. The Hall–Kier alpha value is -0.120. The Kier molecular flexibility index (Phi) is 9.54. The Morgan fingerprint density at radius 2 is 1.56 bits per heavy atom. The van der Waals surface area contributed by atoms with Gasteiger partial charge in [0.05, 0.1) is 13.2 Å². The van der Waals surface area contributed by atoms with Crippen LogP contribution in [0.3, 0.4) is 0 Å². The summed E-state index contributed by atoms with van der Waals surface area (Å²) in [7, 11) is 0. The van der Waals surface area contributed by atoms with Crippen LogP contribution in [0.5, 0.6) is 0 Å². The standard InChI is InChI=1S/C15H30O3/c1-2-3-4-5-6-7-8-9-10-11-15-17-13-14(12-16)18-15/h14-16H,2-13H2,1H3. The highest BCUT2D eigenvalue weighted by molar-refractivity contribution is 4.63. The third-order valence-electron chi connectivity index (χ3n) is 3.56. The molecule has 0 radical (unpaired) electrons. The lowest BCUT2D eigenvalue weighted by atomic mass is 10.1. The summed E-state index contributed by atoms with van der Waals surface area (Å²) < 4.78 is 11.0. The molecule has 0 aliphatic carbocycles. The Morgan fingerprint density at radius 1 is 0.944 bits per heavy atom. The lowest BCUT2D eigenvalue weighted by Gasteiger charge is -2.09. The fourth-order valence-corrected chi connectivity index (χ4v) is 2.38. The molecule has 2 atom stereocenters. The van der Waals surface area contributed by atoms with Gasteiger partial charge in [-0.05, 0) is 12.8 Å². The molecule has 108 valence electrons. The van der Waals surface area contributed by atoms with Crippen molar-refractivity contribution in [2.24, 2.45) is 0 Å². The van der Waals surface area contributed by atoms with E-state index >= 15 is 0 Å². The molecule has 1 saturated heterocycles. The van der Waals surface area contributed by atoms with E-state index in [0.717, 1.165) is 6.42 Å². The SMILES string of the molecule is CCCCCCCCCCCC1OCC(CO)O1. The Labute approximate surface area is 112 Å². The summed E-state index contributed by atoms with van der Waals surface area (Å²) in [5.74, 6) is 0. The highest BCUT2D eigenvalue weighted by Gasteiger charge is 2.24. The smallest absolute Gasteiger partial charge is 0.158 e. The number of ether oxygens (including phenoxy) is 2. The number of hydrogen-bond donors (Lipinski definition) is 1. The largest absolute Gasteiger partial charge is 0.394 e. The van der Waals surface area contributed by atoms with E-state index in [-0.39, 0.29) is 19.0 Å². The first-order valence-electron chi connectivity index (χ1n) is 7.74. The molecule has 1 fully saturated rings. The number of unbranched alkanes of at least 4 members (excludes halogenated alkanes) is 8. The third-order valence-corrected chi connectivity index (χ3v) is 3.56. The molecule has 1 aliphatic heterocycles. The average molecular weight is 258 g/mol. The van der Waals surface area contributed by atoms with E-state index in [4.69, 9.17) is 14.6 Å². The summed E-state index contributed by atoms with van der Waals surface area (Å²) in [6, 6.07) is 0. The van der Waals surface area contributed by atoms with E-state index < -0.39 is 0 Å². The molecule has 1 rings (SSSR count). The van der Waals surface area contributed by atoms with E-state index in [9.17, 15) is 0 Å². The van der Waals surface area contributed by atoms with E-state index in [1.807, 2.05) is 0 Å². The summed E-state index contributed by atoms with van der Waals surface area (Å²) in [5.41, 5.74) is 0. The second kappa shape index (κ2) is 10.8. The molecule has 3 nitrogen and oxygen atoms in total. The maximum absolute atomic E-state index is 8.91. The van der Waals surface area contributed by atoms with Gasteiger partial charge in [0.15, 0.2) is 6.29 Å². The molecule has 1 N–H and O–H groups in total. The van der Waals surface area contributed by atoms with Gasteiger partial charge < -0.3 is 14.6 Å². The second-order valence-corrected chi connectivity index (χ2v) is 5.32. The van der Waals surface area contributed by atoms with Crippen LogP contribution in [-0.4, -0.2) is 30.7 Å². The quantitative estimate of drug-likeness (QED) is 0.575. The van der Waals surface area contributed by atoms with Gasteiger partial charge in [-0.15, -0.1) is 0 Å². The van der Waals surface area contributed by atoms with Crippen molar-refractivity contribution in [3.05, 3.63) is 0 Å². The normalized spacial score (nSPS) is 23.7. The number of aliphatic hydroxyl groups excluding tert-OH is 1. The Morgan fingerprint density at radius 3 is 2.11 bits per heavy atom. The first kappa shape index (κ1) is 15.9.